The largest absolute Gasteiger partial charge is 0.573 e. The van der Waals surface area contributed by atoms with Gasteiger partial charge in [-0.25, -0.2) is 4.98 Å². The Morgan fingerprint density at radius 3 is 2.18 bits per heavy atom. The van der Waals surface area contributed by atoms with Crippen LogP contribution in [0.25, 0.3) is 0 Å². The van der Waals surface area contributed by atoms with E-state index in [4.69, 9.17) is 15.2 Å². The van der Waals surface area contributed by atoms with Crippen LogP contribution in [0.4, 0.5) is 32.0 Å². The first-order chi connectivity index (χ1) is 17.7. The molecule has 0 spiro atoms. The average Bonchev–Trinajstić information content (AvgIpc) is 2.83. The number of carbonyl (C=O) groups is 2. The van der Waals surface area contributed by atoms with Gasteiger partial charge in [0, 0.05) is 6.07 Å². The molecule has 0 aliphatic rings. The van der Waals surface area contributed by atoms with Crippen LogP contribution in [0.1, 0.15) is 38.9 Å². The van der Waals surface area contributed by atoms with Crippen molar-refractivity contribution < 1.29 is 50.1 Å². The Bertz CT molecular complexity index is 1340. The first-order valence-electron chi connectivity index (χ1n) is 10.7. The molecule has 8 nitrogen and oxygen atoms in total. The first-order valence-corrected chi connectivity index (χ1v) is 10.7. The second kappa shape index (κ2) is 10.9. The lowest BCUT2D eigenvalue weighted by Gasteiger charge is -2.20. The summed E-state index contributed by atoms with van der Waals surface area (Å²) in [6.07, 6.45) is -8.94. The van der Waals surface area contributed by atoms with E-state index in [1.165, 1.54) is 19.1 Å². The Morgan fingerprint density at radius 2 is 1.66 bits per heavy atom. The summed E-state index contributed by atoms with van der Waals surface area (Å²) in [5.41, 5.74) is 3.09. The number of amides is 2. The minimum Gasteiger partial charge on any atom is -0.493 e. The van der Waals surface area contributed by atoms with Crippen LogP contribution >= 0.6 is 0 Å². The summed E-state index contributed by atoms with van der Waals surface area (Å²) < 4.78 is 93.4. The molecule has 202 valence electrons. The van der Waals surface area contributed by atoms with Gasteiger partial charge in [-0.1, -0.05) is 6.92 Å². The number of hydrogen-bond acceptors (Lipinski definition) is 6. The molecule has 3 N–H and O–H groups in total. The van der Waals surface area contributed by atoms with Gasteiger partial charge in [0.2, 0.25) is 0 Å². The zero-order chi connectivity index (χ0) is 28.3. The van der Waals surface area contributed by atoms with Gasteiger partial charge in [0.1, 0.15) is 17.2 Å². The standard InChI is InChI=1S/C24H19F6N3O5/c1-3-14-15(23(25,26)27)6-9-18(20(14)22(35)33-12-4-7-16(21(31)34)32-11-12)37-17-8-5-13(10-19(17)36-2)38-24(28,29)30/h4-11H,3H2,1-2H3,(H2,31,34)(H,33,35). The van der Waals surface area contributed by atoms with Crippen LogP contribution in [-0.4, -0.2) is 30.3 Å². The second-order valence-electron chi connectivity index (χ2n) is 7.53. The van der Waals surface area contributed by atoms with Crippen molar-refractivity contribution in [2.75, 3.05) is 12.4 Å². The lowest BCUT2D eigenvalue weighted by Crippen LogP contribution is -2.20. The number of benzene rings is 2. The molecule has 2 amide bonds. The third kappa shape index (κ3) is 6.63. The van der Waals surface area contributed by atoms with Crippen molar-refractivity contribution in [2.45, 2.75) is 25.9 Å². The van der Waals surface area contributed by atoms with E-state index in [1.807, 2.05) is 0 Å². The molecule has 14 heteroatoms. The predicted molar refractivity (Wildman–Crippen MR) is 121 cm³/mol. The van der Waals surface area contributed by atoms with Crippen LogP contribution in [0.3, 0.4) is 0 Å². The van der Waals surface area contributed by atoms with Crippen molar-refractivity contribution in [3.8, 4) is 23.0 Å². The normalized spacial score (nSPS) is 11.6. The van der Waals surface area contributed by atoms with Crippen LogP contribution in [0.15, 0.2) is 48.7 Å². The summed E-state index contributed by atoms with van der Waals surface area (Å²) in [6, 6.07) is 6.91. The summed E-state index contributed by atoms with van der Waals surface area (Å²) in [6.45, 7) is 1.40. The number of rotatable bonds is 8. The fourth-order valence-electron chi connectivity index (χ4n) is 3.45. The predicted octanol–water partition coefficient (Wildman–Crippen LogP) is 5.71. The minimum atomic E-state index is -4.98. The number of anilines is 1. The molecule has 38 heavy (non-hydrogen) atoms. The number of carbonyl (C=O) groups excluding carboxylic acids is 2. The highest BCUT2D eigenvalue weighted by atomic mass is 19.4. The summed E-state index contributed by atoms with van der Waals surface area (Å²) in [7, 11) is 1.13. The topological polar surface area (TPSA) is 113 Å². The SMILES string of the molecule is CCc1c(C(F)(F)F)ccc(Oc2ccc(OC(F)(F)F)cc2OC)c1C(=O)Nc1ccc(C(N)=O)nc1. The maximum Gasteiger partial charge on any atom is 0.573 e. The summed E-state index contributed by atoms with van der Waals surface area (Å²) >= 11 is 0. The molecule has 0 aliphatic heterocycles. The fourth-order valence-corrected chi connectivity index (χ4v) is 3.45. The Balaban J connectivity index is 2.07. The molecular formula is C24H19F6N3O5. The Labute approximate surface area is 211 Å². The molecule has 0 fully saturated rings. The van der Waals surface area contributed by atoms with Gasteiger partial charge in [0.15, 0.2) is 11.5 Å². The van der Waals surface area contributed by atoms with E-state index in [9.17, 15) is 35.9 Å². The number of hydrogen-bond donors (Lipinski definition) is 2. The molecule has 3 aromatic rings. The number of nitrogens with one attached hydrogen (secondary N) is 1. The molecule has 0 aliphatic carbocycles. The zero-order valence-corrected chi connectivity index (χ0v) is 19.7. The van der Waals surface area contributed by atoms with Crippen LogP contribution in [-0.2, 0) is 12.6 Å². The maximum absolute atomic E-state index is 13.7. The van der Waals surface area contributed by atoms with Gasteiger partial charge in [-0.05, 0) is 48.4 Å². The molecule has 0 bridgehead atoms. The van der Waals surface area contributed by atoms with Crippen molar-refractivity contribution in [2.24, 2.45) is 5.73 Å². The molecule has 0 unspecified atom stereocenters. The lowest BCUT2D eigenvalue weighted by molar-refractivity contribution is -0.274. The van der Waals surface area contributed by atoms with Gasteiger partial charge in [-0.15, -0.1) is 13.2 Å². The van der Waals surface area contributed by atoms with Crippen molar-refractivity contribution >= 4 is 17.5 Å². The number of halogens is 6. The molecule has 0 radical (unpaired) electrons. The zero-order valence-electron chi connectivity index (χ0n) is 19.7. The molecule has 0 saturated heterocycles. The van der Waals surface area contributed by atoms with E-state index < -0.39 is 46.8 Å². The third-order valence-electron chi connectivity index (χ3n) is 5.02. The second-order valence-corrected chi connectivity index (χ2v) is 7.53. The monoisotopic (exact) mass is 543 g/mol. The van der Waals surface area contributed by atoms with E-state index in [0.717, 1.165) is 43.6 Å². The van der Waals surface area contributed by atoms with Crippen molar-refractivity contribution in [1.29, 1.82) is 0 Å². The molecule has 3 rings (SSSR count). The van der Waals surface area contributed by atoms with Gasteiger partial charge in [-0.3, -0.25) is 9.59 Å². The number of pyridine rings is 1. The minimum absolute atomic E-state index is 0.0386. The van der Waals surface area contributed by atoms with Gasteiger partial charge >= 0.3 is 12.5 Å². The maximum atomic E-state index is 13.7. The molecule has 2 aromatic carbocycles. The molecule has 0 atom stereocenters. The van der Waals surface area contributed by atoms with E-state index in [0.29, 0.717) is 0 Å². The molecule has 1 heterocycles. The Morgan fingerprint density at radius 1 is 0.974 bits per heavy atom. The highest BCUT2D eigenvalue weighted by Gasteiger charge is 2.36. The summed E-state index contributed by atoms with van der Waals surface area (Å²) in [4.78, 5) is 28.2. The number of alkyl halides is 6. The average molecular weight is 543 g/mol. The van der Waals surface area contributed by atoms with Gasteiger partial charge < -0.3 is 25.3 Å². The Kier molecular flexibility index (Phi) is 8.03. The van der Waals surface area contributed by atoms with Crippen LogP contribution in [0, 0.1) is 0 Å². The van der Waals surface area contributed by atoms with E-state index in [2.05, 4.69) is 15.0 Å². The van der Waals surface area contributed by atoms with Gasteiger partial charge in [-0.2, -0.15) is 13.2 Å². The van der Waals surface area contributed by atoms with E-state index in [1.54, 1.807) is 0 Å². The molecule has 0 saturated carbocycles. The molecule has 1 aromatic heterocycles. The summed E-state index contributed by atoms with van der Waals surface area (Å²) in [5.74, 6) is -3.25. The number of aromatic nitrogens is 1. The summed E-state index contributed by atoms with van der Waals surface area (Å²) in [5, 5.41) is 2.39. The van der Waals surface area contributed by atoms with Crippen LogP contribution in [0.2, 0.25) is 0 Å². The lowest BCUT2D eigenvalue weighted by atomic mass is 9.96. The van der Waals surface area contributed by atoms with Gasteiger partial charge in [0.25, 0.3) is 11.8 Å². The van der Waals surface area contributed by atoms with Crippen molar-refractivity contribution in [3.05, 3.63) is 71.0 Å². The number of nitrogens with zero attached hydrogens (tertiary/aromatic N) is 1. The van der Waals surface area contributed by atoms with Crippen molar-refractivity contribution in [3.63, 3.8) is 0 Å². The highest BCUT2D eigenvalue weighted by Crippen LogP contribution is 2.41. The number of nitrogens with two attached hydrogens (primary N) is 1. The number of primary amides is 1. The van der Waals surface area contributed by atoms with Gasteiger partial charge in [0.05, 0.1) is 30.1 Å². The molecular weight excluding hydrogens is 524 g/mol. The van der Waals surface area contributed by atoms with Crippen LogP contribution < -0.4 is 25.3 Å². The van der Waals surface area contributed by atoms with Crippen LogP contribution in [0.5, 0.6) is 23.0 Å². The first kappa shape index (κ1) is 28.1. The van der Waals surface area contributed by atoms with E-state index in [-0.39, 0.29) is 35.1 Å². The fraction of sp³-hybridized carbons (Fsp3) is 0.208. The Hall–Kier alpha value is -4.49. The highest BCUT2D eigenvalue weighted by molar-refractivity contribution is 6.07. The smallest absolute Gasteiger partial charge is 0.493 e. The third-order valence-corrected chi connectivity index (χ3v) is 5.02. The quantitative estimate of drug-likeness (QED) is 0.352. The number of ether oxygens (including phenoxy) is 3. The van der Waals surface area contributed by atoms with E-state index >= 15 is 0 Å². The van der Waals surface area contributed by atoms with Crippen molar-refractivity contribution in [1.82, 2.24) is 4.98 Å². The number of methoxy groups -OCH3 is 1.